The van der Waals surface area contributed by atoms with Crippen molar-refractivity contribution >= 4 is 10.0 Å². The molecule has 2 rings (SSSR count). The summed E-state index contributed by atoms with van der Waals surface area (Å²) < 4.78 is 29.8. The summed E-state index contributed by atoms with van der Waals surface area (Å²) in [5, 5.41) is 11.5. The van der Waals surface area contributed by atoms with Gasteiger partial charge in [-0.25, -0.2) is 13.1 Å². The third-order valence-corrected chi connectivity index (χ3v) is 4.14. The molecule has 20 heavy (non-hydrogen) atoms. The Kier molecular flexibility index (Phi) is 4.47. The zero-order chi connectivity index (χ0) is 14.6. The molecule has 0 aliphatic carbocycles. The average molecular weight is 299 g/mol. The Morgan fingerprint density at radius 1 is 1.45 bits per heavy atom. The van der Waals surface area contributed by atoms with E-state index in [2.05, 4.69) is 20.0 Å². The van der Waals surface area contributed by atoms with E-state index in [0.717, 1.165) is 0 Å². The first-order valence-corrected chi connectivity index (χ1v) is 7.56. The van der Waals surface area contributed by atoms with Crippen molar-refractivity contribution in [3.8, 4) is 0 Å². The molecule has 2 aromatic heterocycles. The van der Waals surface area contributed by atoms with Crippen molar-refractivity contribution in [3.63, 3.8) is 0 Å². The van der Waals surface area contributed by atoms with Gasteiger partial charge in [-0.15, -0.1) is 10.2 Å². The van der Waals surface area contributed by atoms with E-state index in [-0.39, 0.29) is 11.4 Å². The molecule has 0 bridgehead atoms. The van der Waals surface area contributed by atoms with Gasteiger partial charge in [0.2, 0.25) is 10.0 Å². The number of nitrogens with two attached hydrogens (primary N) is 1. The molecule has 0 atom stereocenters. The Bertz CT molecular complexity index is 661. The maximum atomic E-state index is 12.0. The van der Waals surface area contributed by atoms with Gasteiger partial charge >= 0.3 is 0 Å². The largest absolute Gasteiger partial charge is 0.329 e. The Labute approximate surface area is 116 Å². The molecule has 0 radical (unpaired) electrons. The quantitative estimate of drug-likeness (QED) is 0.641. The van der Waals surface area contributed by atoms with Gasteiger partial charge in [-0.2, -0.15) is 5.10 Å². The second-order valence-electron chi connectivity index (χ2n) is 4.23. The van der Waals surface area contributed by atoms with Crippen LogP contribution in [0.25, 0.3) is 0 Å². The van der Waals surface area contributed by atoms with Gasteiger partial charge in [0.05, 0.1) is 12.7 Å². The first kappa shape index (κ1) is 14.6. The summed E-state index contributed by atoms with van der Waals surface area (Å²) in [7, 11) is -1.75. The van der Waals surface area contributed by atoms with Gasteiger partial charge < -0.3 is 10.3 Å². The topological polar surface area (TPSA) is 121 Å². The van der Waals surface area contributed by atoms with E-state index in [4.69, 9.17) is 5.73 Å². The normalized spacial score (nSPS) is 11.9. The third kappa shape index (κ3) is 3.40. The molecule has 9 nitrogen and oxygen atoms in total. The predicted molar refractivity (Wildman–Crippen MR) is 71.2 cm³/mol. The second kappa shape index (κ2) is 6.11. The average Bonchev–Trinajstić information content (AvgIpc) is 3.00. The second-order valence-corrected chi connectivity index (χ2v) is 6.00. The van der Waals surface area contributed by atoms with Crippen LogP contribution in [0.15, 0.2) is 23.6 Å². The monoisotopic (exact) mass is 299 g/mol. The molecular weight excluding hydrogens is 282 g/mol. The first-order chi connectivity index (χ1) is 9.53. The SMILES string of the molecule is Cn1cnnc1CCNS(=O)(=O)c1cnn(CCN)c1. The van der Waals surface area contributed by atoms with E-state index in [1.807, 2.05) is 0 Å². The van der Waals surface area contributed by atoms with E-state index in [0.29, 0.717) is 25.3 Å². The Hall–Kier alpha value is -1.78. The van der Waals surface area contributed by atoms with Crippen LogP contribution in [0, 0.1) is 0 Å². The summed E-state index contributed by atoms with van der Waals surface area (Å²) in [6.07, 6.45) is 4.80. The summed E-state index contributed by atoms with van der Waals surface area (Å²) in [4.78, 5) is 0.129. The Balaban J connectivity index is 1.95. The van der Waals surface area contributed by atoms with E-state index >= 15 is 0 Å². The molecule has 2 aromatic rings. The number of rotatable bonds is 7. The standard InChI is InChI=1S/C10H17N7O2S/c1-16-8-12-15-10(16)2-4-14-20(18,19)9-6-13-17(7-9)5-3-11/h6-8,14H,2-5,11H2,1H3. The van der Waals surface area contributed by atoms with Gasteiger partial charge in [0.25, 0.3) is 0 Å². The maximum absolute atomic E-state index is 12.0. The van der Waals surface area contributed by atoms with Crippen molar-refractivity contribution in [3.05, 3.63) is 24.5 Å². The molecule has 3 N–H and O–H groups in total. The molecule has 0 unspecified atom stereocenters. The molecular formula is C10H17N7O2S. The van der Waals surface area contributed by atoms with Crippen molar-refractivity contribution in [1.82, 2.24) is 29.3 Å². The highest BCUT2D eigenvalue weighted by atomic mass is 32.2. The molecule has 0 aliphatic rings. The van der Waals surface area contributed by atoms with Crippen LogP contribution in [0.4, 0.5) is 0 Å². The summed E-state index contributed by atoms with van der Waals surface area (Å²) in [6.45, 7) is 1.13. The smallest absolute Gasteiger partial charge is 0.243 e. The molecule has 0 amide bonds. The number of aryl methyl sites for hydroxylation is 1. The molecule has 0 aliphatic heterocycles. The van der Waals surface area contributed by atoms with Gasteiger partial charge in [0.1, 0.15) is 17.0 Å². The zero-order valence-corrected chi connectivity index (χ0v) is 11.9. The summed E-state index contributed by atoms with van der Waals surface area (Å²) >= 11 is 0. The predicted octanol–water partition coefficient (Wildman–Crippen LogP) is -1.51. The number of nitrogens with zero attached hydrogens (tertiary/aromatic N) is 5. The third-order valence-electron chi connectivity index (χ3n) is 2.72. The van der Waals surface area contributed by atoms with Crippen LogP contribution in [-0.2, 0) is 30.0 Å². The van der Waals surface area contributed by atoms with Crippen LogP contribution < -0.4 is 10.5 Å². The minimum Gasteiger partial charge on any atom is -0.329 e. The molecule has 0 aromatic carbocycles. The number of hydrogen-bond acceptors (Lipinski definition) is 6. The minimum absolute atomic E-state index is 0.129. The summed E-state index contributed by atoms with van der Waals surface area (Å²) in [5.74, 6) is 0.714. The molecule has 0 saturated heterocycles. The fourth-order valence-electron chi connectivity index (χ4n) is 1.65. The molecule has 10 heteroatoms. The number of sulfonamides is 1. The number of nitrogens with one attached hydrogen (secondary N) is 1. The molecule has 0 saturated carbocycles. The lowest BCUT2D eigenvalue weighted by molar-refractivity contribution is 0.579. The fourth-order valence-corrected chi connectivity index (χ4v) is 2.64. The van der Waals surface area contributed by atoms with E-state index in [1.165, 1.54) is 17.1 Å². The maximum Gasteiger partial charge on any atom is 0.243 e. The lowest BCUT2D eigenvalue weighted by atomic mass is 10.4. The van der Waals surface area contributed by atoms with E-state index < -0.39 is 10.0 Å². The highest BCUT2D eigenvalue weighted by Gasteiger charge is 2.16. The number of hydrogen-bond donors (Lipinski definition) is 2. The zero-order valence-electron chi connectivity index (χ0n) is 11.1. The van der Waals surface area contributed by atoms with Crippen LogP contribution in [0.1, 0.15) is 5.82 Å². The molecule has 2 heterocycles. The summed E-state index contributed by atoms with van der Waals surface area (Å²) in [6, 6.07) is 0. The van der Waals surface area contributed by atoms with Crippen LogP contribution in [0.5, 0.6) is 0 Å². The minimum atomic E-state index is -3.56. The molecule has 0 fully saturated rings. The fraction of sp³-hybridized carbons (Fsp3) is 0.500. The number of aromatic nitrogens is 5. The van der Waals surface area contributed by atoms with Crippen molar-refractivity contribution in [1.29, 1.82) is 0 Å². The lowest BCUT2D eigenvalue weighted by Gasteiger charge is -2.04. The van der Waals surface area contributed by atoms with Crippen molar-refractivity contribution in [2.75, 3.05) is 13.1 Å². The van der Waals surface area contributed by atoms with Crippen LogP contribution >= 0.6 is 0 Å². The highest BCUT2D eigenvalue weighted by Crippen LogP contribution is 2.06. The summed E-state index contributed by atoms with van der Waals surface area (Å²) in [5.41, 5.74) is 5.39. The molecule has 0 spiro atoms. The van der Waals surface area contributed by atoms with E-state index in [1.54, 1.807) is 17.9 Å². The van der Waals surface area contributed by atoms with Gasteiger partial charge in [-0.1, -0.05) is 0 Å². The van der Waals surface area contributed by atoms with Crippen LogP contribution in [0.3, 0.4) is 0 Å². The van der Waals surface area contributed by atoms with E-state index in [9.17, 15) is 8.42 Å². The van der Waals surface area contributed by atoms with Gasteiger partial charge in [-0.3, -0.25) is 4.68 Å². The Morgan fingerprint density at radius 2 is 2.25 bits per heavy atom. The first-order valence-electron chi connectivity index (χ1n) is 6.08. The Morgan fingerprint density at radius 3 is 2.90 bits per heavy atom. The van der Waals surface area contributed by atoms with Gasteiger partial charge in [-0.05, 0) is 0 Å². The van der Waals surface area contributed by atoms with Gasteiger partial charge in [0, 0.05) is 32.8 Å². The van der Waals surface area contributed by atoms with Crippen molar-refractivity contribution < 1.29 is 8.42 Å². The lowest BCUT2D eigenvalue weighted by Crippen LogP contribution is -2.26. The highest BCUT2D eigenvalue weighted by molar-refractivity contribution is 7.89. The van der Waals surface area contributed by atoms with Crippen molar-refractivity contribution in [2.24, 2.45) is 12.8 Å². The van der Waals surface area contributed by atoms with Gasteiger partial charge in [0.15, 0.2) is 0 Å². The molecule has 110 valence electrons. The van der Waals surface area contributed by atoms with Crippen molar-refractivity contribution in [2.45, 2.75) is 17.9 Å². The van der Waals surface area contributed by atoms with Crippen LogP contribution in [-0.4, -0.2) is 46.1 Å². The van der Waals surface area contributed by atoms with Crippen LogP contribution in [0.2, 0.25) is 0 Å².